The van der Waals surface area contributed by atoms with E-state index in [-0.39, 0.29) is 4.90 Å². The number of hydrogen-bond acceptors (Lipinski definition) is 4. The summed E-state index contributed by atoms with van der Waals surface area (Å²) < 4.78 is 23.2. The van der Waals surface area contributed by atoms with Crippen molar-refractivity contribution in [3.8, 4) is 0 Å². The fourth-order valence-electron chi connectivity index (χ4n) is 1.83. The highest BCUT2D eigenvalue weighted by Crippen LogP contribution is 2.28. The van der Waals surface area contributed by atoms with Crippen LogP contribution in [0, 0.1) is 0 Å². The molecular weight excluding hydrogens is 306 g/mol. The molecule has 0 aliphatic carbocycles. The van der Waals surface area contributed by atoms with Gasteiger partial charge >= 0.3 is 0 Å². The summed E-state index contributed by atoms with van der Waals surface area (Å²) >= 11 is 3.39. The van der Waals surface area contributed by atoms with E-state index in [9.17, 15) is 8.42 Å². The number of primary sulfonamides is 1. The van der Waals surface area contributed by atoms with Crippen LogP contribution >= 0.6 is 15.9 Å². The predicted octanol–water partition coefficient (Wildman–Crippen LogP) is 0.506. The van der Waals surface area contributed by atoms with E-state index in [4.69, 9.17) is 5.14 Å². The Balaban J connectivity index is 2.31. The summed E-state index contributed by atoms with van der Waals surface area (Å²) in [7, 11) is -3.63. The average Bonchev–Trinajstić information content (AvgIpc) is 2.29. The summed E-state index contributed by atoms with van der Waals surface area (Å²) in [5.41, 5.74) is 0.999. The molecule has 1 aliphatic heterocycles. The molecule has 2 rings (SSSR count). The van der Waals surface area contributed by atoms with E-state index in [2.05, 4.69) is 26.1 Å². The maximum atomic E-state index is 11.2. The second kappa shape index (κ2) is 4.93. The molecule has 0 radical (unpaired) electrons. The van der Waals surface area contributed by atoms with E-state index >= 15 is 0 Å². The molecule has 17 heavy (non-hydrogen) atoms. The Kier molecular flexibility index (Phi) is 3.72. The normalized spacial score (nSPS) is 17.2. The maximum absolute atomic E-state index is 11.2. The monoisotopic (exact) mass is 319 g/mol. The summed E-state index contributed by atoms with van der Waals surface area (Å²) in [6.07, 6.45) is 0. The van der Waals surface area contributed by atoms with Gasteiger partial charge in [-0.15, -0.1) is 0 Å². The highest BCUT2D eigenvalue weighted by molar-refractivity contribution is 9.10. The third kappa shape index (κ3) is 2.98. The van der Waals surface area contributed by atoms with Gasteiger partial charge in [0, 0.05) is 30.7 Å². The van der Waals surface area contributed by atoms with Crippen molar-refractivity contribution in [1.29, 1.82) is 0 Å². The summed E-state index contributed by atoms with van der Waals surface area (Å²) in [6.45, 7) is 3.69. The molecule has 7 heteroatoms. The second-order valence-corrected chi connectivity index (χ2v) is 6.31. The lowest BCUT2D eigenvalue weighted by molar-refractivity contribution is 0.588. The van der Waals surface area contributed by atoms with Crippen molar-refractivity contribution >= 4 is 31.6 Å². The summed E-state index contributed by atoms with van der Waals surface area (Å²) in [6, 6.07) is 4.87. The molecule has 0 bridgehead atoms. The molecular formula is C10H14BrN3O2S. The molecule has 3 N–H and O–H groups in total. The minimum atomic E-state index is -3.63. The van der Waals surface area contributed by atoms with E-state index in [1.807, 2.05) is 0 Å². The van der Waals surface area contributed by atoms with E-state index in [0.29, 0.717) is 0 Å². The predicted molar refractivity (Wildman–Crippen MR) is 70.6 cm³/mol. The van der Waals surface area contributed by atoms with Crippen molar-refractivity contribution in [2.45, 2.75) is 4.90 Å². The zero-order chi connectivity index (χ0) is 12.5. The lowest BCUT2D eigenvalue weighted by atomic mass is 10.2. The average molecular weight is 320 g/mol. The number of nitrogens with one attached hydrogen (secondary N) is 1. The first-order chi connectivity index (χ1) is 7.98. The van der Waals surface area contributed by atoms with Crippen LogP contribution in [0.4, 0.5) is 5.69 Å². The third-order valence-electron chi connectivity index (χ3n) is 2.71. The molecule has 1 saturated heterocycles. The van der Waals surface area contributed by atoms with Crippen LogP contribution in [0.3, 0.4) is 0 Å². The molecule has 0 unspecified atom stereocenters. The van der Waals surface area contributed by atoms with Crippen molar-refractivity contribution in [3.63, 3.8) is 0 Å². The Morgan fingerprint density at radius 1 is 1.29 bits per heavy atom. The van der Waals surface area contributed by atoms with Crippen LogP contribution < -0.4 is 15.4 Å². The fraction of sp³-hybridized carbons (Fsp3) is 0.400. The molecule has 0 spiro atoms. The van der Waals surface area contributed by atoms with Gasteiger partial charge in [0.05, 0.1) is 10.6 Å². The number of halogens is 1. The van der Waals surface area contributed by atoms with Gasteiger partial charge in [0.1, 0.15) is 0 Å². The van der Waals surface area contributed by atoms with Crippen molar-refractivity contribution in [2.24, 2.45) is 5.14 Å². The van der Waals surface area contributed by atoms with Crippen LogP contribution in [0.1, 0.15) is 0 Å². The van der Waals surface area contributed by atoms with Crippen molar-refractivity contribution in [2.75, 3.05) is 31.1 Å². The number of benzene rings is 1. The Morgan fingerprint density at radius 2 is 1.94 bits per heavy atom. The first kappa shape index (κ1) is 12.8. The van der Waals surface area contributed by atoms with E-state index in [1.165, 1.54) is 6.07 Å². The minimum Gasteiger partial charge on any atom is -0.368 e. The fourth-order valence-corrected chi connectivity index (χ4v) is 3.15. The molecule has 1 aromatic carbocycles. The molecule has 0 aromatic heterocycles. The largest absolute Gasteiger partial charge is 0.368 e. The van der Waals surface area contributed by atoms with Gasteiger partial charge in [-0.05, 0) is 34.1 Å². The molecule has 94 valence electrons. The molecule has 1 aromatic rings. The van der Waals surface area contributed by atoms with Gasteiger partial charge in [-0.25, -0.2) is 13.6 Å². The van der Waals surface area contributed by atoms with Crippen LogP contribution in [0.5, 0.6) is 0 Å². The highest BCUT2D eigenvalue weighted by atomic mass is 79.9. The second-order valence-electron chi connectivity index (χ2n) is 3.90. The van der Waals surface area contributed by atoms with Gasteiger partial charge in [0.25, 0.3) is 0 Å². The number of sulfonamides is 1. The molecule has 1 aliphatic rings. The van der Waals surface area contributed by atoms with Gasteiger partial charge < -0.3 is 10.2 Å². The Hall–Kier alpha value is -0.630. The van der Waals surface area contributed by atoms with Crippen molar-refractivity contribution in [3.05, 3.63) is 22.7 Å². The quantitative estimate of drug-likeness (QED) is 0.832. The Morgan fingerprint density at radius 3 is 2.47 bits per heavy atom. The standard InChI is InChI=1S/C10H14BrN3O2S/c11-9-7-8(17(12,15)16)1-2-10(9)14-5-3-13-4-6-14/h1-2,7,13H,3-6H2,(H2,12,15,16). The van der Waals surface area contributed by atoms with Crippen LogP contribution in [0.2, 0.25) is 0 Å². The van der Waals surface area contributed by atoms with Crippen LogP contribution in [-0.4, -0.2) is 34.6 Å². The summed E-state index contributed by atoms with van der Waals surface area (Å²) in [4.78, 5) is 2.33. The van der Waals surface area contributed by atoms with E-state index < -0.39 is 10.0 Å². The highest BCUT2D eigenvalue weighted by Gasteiger charge is 2.15. The summed E-state index contributed by atoms with van der Waals surface area (Å²) in [5.74, 6) is 0. The van der Waals surface area contributed by atoms with Crippen LogP contribution in [0.15, 0.2) is 27.6 Å². The first-order valence-electron chi connectivity index (χ1n) is 5.26. The van der Waals surface area contributed by atoms with Crippen LogP contribution in [-0.2, 0) is 10.0 Å². The molecule has 0 amide bonds. The third-order valence-corrected chi connectivity index (χ3v) is 4.25. The Bertz CT molecular complexity index is 512. The van der Waals surface area contributed by atoms with Crippen molar-refractivity contribution in [1.82, 2.24) is 5.32 Å². The summed E-state index contributed by atoms with van der Waals surface area (Å²) in [5, 5.41) is 8.35. The number of anilines is 1. The zero-order valence-corrected chi connectivity index (χ0v) is 11.6. The molecule has 0 saturated carbocycles. The smallest absolute Gasteiger partial charge is 0.238 e. The Labute approximate surface area is 109 Å². The van der Waals surface area contributed by atoms with Gasteiger partial charge in [-0.1, -0.05) is 0 Å². The number of nitrogens with two attached hydrogens (primary N) is 1. The van der Waals surface area contributed by atoms with Crippen molar-refractivity contribution < 1.29 is 8.42 Å². The SMILES string of the molecule is NS(=O)(=O)c1ccc(N2CCNCC2)c(Br)c1. The molecule has 0 atom stereocenters. The number of nitrogens with zero attached hydrogens (tertiary/aromatic N) is 1. The molecule has 1 heterocycles. The first-order valence-corrected chi connectivity index (χ1v) is 7.60. The number of rotatable bonds is 2. The topological polar surface area (TPSA) is 75.4 Å². The maximum Gasteiger partial charge on any atom is 0.238 e. The van der Waals surface area contributed by atoms with E-state index in [1.54, 1.807) is 12.1 Å². The molecule has 1 fully saturated rings. The lowest BCUT2D eigenvalue weighted by Gasteiger charge is -2.30. The van der Waals surface area contributed by atoms with Crippen LogP contribution in [0.25, 0.3) is 0 Å². The van der Waals surface area contributed by atoms with E-state index in [0.717, 1.165) is 36.3 Å². The lowest BCUT2D eigenvalue weighted by Crippen LogP contribution is -2.43. The zero-order valence-electron chi connectivity index (χ0n) is 9.19. The molecule has 5 nitrogen and oxygen atoms in total. The number of piperazine rings is 1. The number of hydrogen-bond donors (Lipinski definition) is 2. The van der Waals surface area contributed by atoms with Gasteiger partial charge in [-0.2, -0.15) is 0 Å². The minimum absolute atomic E-state index is 0.128. The van der Waals surface area contributed by atoms with Gasteiger partial charge in [0.15, 0.2) is 0 Å². The van der Waals surface area contributed by atoms with Gasteiger partial charge in [0.2, 0.25) is 10.0 Å². The van der Waals surface area contributed by atoms with Gasteiger partial charge in [-0.3, -0.25) is 0 Å².